The van der Waals surface area contributed by atoms with Gasteiger partial charge in [-0.15, -0.1) is 0 Å². The van der Waals surface area contributed by atoms with Gasteiger partial charge in [0.2, 0.25) is 0 Å². The highest BCUT2D eigenvalue weighted by Crippen LogP contribution is 2.30. The summed E-state index contributed by atoms with van der Waals surface area (Å²) in [5.74, 6) is 0. The van der Waals surface area contributed by atoms with E-state index in [0.29, 0.717) is 5.56 Å². The smallest absolute Gasteiger partial charge is 0.273 e. The van der Waals surface area contributed by atoms with Gasteiger partial charge in [0.1, 0.15) is 0 Å². The van der Waals surface area contributed by atoms with Crippen molar-refractivity contribution in [2.75, 3.05) is 6.61 Å². The fourth-order valence-electron chi connectivity index (χ4n) is 1.51. The van der Waals surface area contributed by atoms with E-state index in [1.54, 1.807) is 19.1 Å². The summed E-state index contributed by atoms with van der Waals surface area (Å²) in [7, 11) is 0. The first-order valence-corrected chi connectivity index (χ1v) is 4.50. The maximum Gasteiger partial charge on any atom is 0.273 e. The van der Waals surface area contributed by atoms with Crippen molar-refractivity contribution >= 4 is 5.69 Å². The Hall–Kier alpha value is -2.11. The number of benzene rings is 1. The van der Waals surface area contributed by atoms with Gasteiger partial charge in [-0.1, -0.05) is 17.2 Å². The van der Waals surface area contributed by atoms with Crippen LogP contribution in [0.2, 0.25) is 0 Å². The summed E-state index contributed by atoms with van der Waals surface area (Å²) in [6, 6.07) is 3.60. The number of aliphatic hydroxyl groups excluding tert-OH is 1. The SMILES string of the molecule is Cc1cccc([N+](=O)[O-])c1C(CO)N=[N+]=[N-]. The third-order valence-corrected chi connectivity index (χ3v) is 2.19. The van der Waals surface area contributed by atoms with Crippen LogP contribution in [0.4, 0.5) is 5.69 Å². The molecular weight excluding hydrogens is 212 g/mol. The van der Waals surface area contributed by atoms with Gasteiger partial charge in [0.15, 0.2) is 0 Å². The Morgan fingerprint density at radius 3 is 2.88 bits per heavy atom. The van der Waals surface area contributed by atoms with E-state index < -0.39 is 17.6 Å². The average Bonchev–Trinajstić information content (AvgIpc) is 2.26. The van der Waals surface area contributed by atoms with E-state index in [4.69, 9.17) is 10.6 Å². The molecule has 0 fully saturated rings. The minimum Gasteiger partial charge on any atom is -0.396 e. The van der Waals surface area contributed by atoms with Gasteiger partial charge in [-0.25, -0.2) is 0 Å². The zero-order valence-corrected chi connectivity index (χ0v) is 8.57. The molecule has 0 aliphatic rings. The highest BCUT2D eigenvalue weighted by molar-refractivity contribution is 5.47. The van der Waals surface area contributed by atoms with Crippen molar-refractivity contribution in [1.82, 2.24) is 0 Å². The molecule has 0 saturated heterocycles. The summed E-state index contributed by atoms with van der Waals surface area (Å²) in [5.41, 5.74) is 9.05. The van der Waals surface area contributed by atoms with Gasteiger partial charge in [-0.2, -0.15) is 0 Å². The lowest BCUT2D eigenvalue weighted by Crippen LogP contribution is -2.06. The average molecular weight is 222 g/mol. The standard InChI is InChI=1S/C9H10N4O3/c1-6-3-2-4-8(13(15)16)9(6)7(5-14)11-12-10/h2-4,7,14H,5H2,1H3. The summed E-state index contributed by atoms with van der Waals surface area (Å²) in [6.07, 6.45) is 0. The Morgan fingerprint density at radius 2 is 2.38 bits per heavy atom. The minimum atomic E-state index is -0.924. The van der Waals surface area contributed by atoms with Gasteiger partial charge in [0.05, 0.1) is 17.6 Å². The second-order valence-corrected chi connectivity index (χ2v) is 3.17. The summed E-state index contributed by atoms with van der Waals surface area (Å²) in [5, 5.41) is 23.2. The Kier molecular flexibility index (Phi) is 3.82. The molecule has 1 aromatic rings. The molecule has 0 saturated carbocycles. The molecule has 7 nitrogen and oxygen atoms in total. The summed E-state index contributed by atoms with van der Waals surface area (Å²) in [6.45, 7) is 1.20. The lowest BCUT2D eigenvalue weighted by Gasteiger charge is -2.11. The predicted molar refractivity (Wildman–Crippen MR) is 56.8 cm³/mol. The zero-order valence-electron chi connectivity index (χ0n) is 8.57. The molecule has 1 unspecified atom stereocenters. The zero-order chi connectivity index (χ0) is 12.1. The van der Waals surface area contributed by atoms with E-state index in [2.05, 4.69) is 10.0 Å². The normalized spacial score (nSPS) is 11.6. The third-order valence-electron chi connectivity index (χ3n) is 2.19. The van der Waals surface area contributed by atoms with E-state index in [1.165, 1.54) is 6.07 Å². The van der Waals surface area contributed by atoms with Crippen molar-refractivity contribution in [3.8, 4) is 0 Å². The maximum absolute atomic E-state index is 10.8. The van der Waals surface area contributed by atoms with Crippen LogP contribution in [-0.2, 0) is 0 Å². The van der Waals surface area contributed by atoms with Gasteiger partial charge in [0.25, 0.3) is 5.69 Å². The largest absolute Gasteiger partial charge is 0.396 e. The van der Waals surface area contributed by atoms with Gasteiger partial charge < -0.3 is 5.11 Å². The number of rotatable bonds is 4. The fraction of sp³-hybridized carbons (Fsp3) is 0.333. The Labute approximate surface area is 91.1 Å². The second-order valence-electron chi connectivity index (χ2n) is 3.17. The summed E-state index contributed by atoms with van der Waals surface area (Å²) >= 11 is 0. The second kappa shape index (κ2) is 5.11. The topological polar surface area (TPSA) is 112 Å². The van der Waals surface area contributed by atoms with Crippen LogP contribution in [0.1, 0.15) is 17.2 Å². The van der Waals surface area contributed by atoms with Crippen molar-refractivity contribution in [3.63, 3.8) is 0 Å². The van der Waals surface area contributed by atoms with E-state index >= 15 is 0 Å². The molecule has 0 amide bonds. The fourth-order valence-corrected chi connectivity index (χ4v) is 1.51. The summed E-state index contributed by atoms with van der Waals surface area (Å²) < 4.78 is 0. The predicted octanol–water partition coefficient (Wildman–Crippen LogP) is 2.25. The molecule has 1 N–H and O–H groups in total. The maximum atomic E-state index is 10.8. The first-order valence-electron chi connectivity index (χ1n) is 4.50. The lowest BCUT2D eigenvalue weighted by molar-refractivity contribution is -0.385. The molecule has 0 aromatic heterocycles. The monoisotopic (exact) mass is 222 g/mol. The molecule has 0 spiro atoms. The minimum absolute atomic E-state index is 0.147. The highest BCUT2D eigenvalue weighted by atomic mass is 16.6. The van der Waals surface area contributed by atoms with Gasteiger partial charge in [-0.05, 0) is 18.0 Å². The molecule has 7 heteroatoms. The molecule has 1 aromatic carbocycles. The number of azide groups is 1. The van der Waals surface area contributed by atoms with Crippen LogP contribution < -0.4 is 0 Å². The molecule has 0 aliphatic heterocycles. The first-order chi connectivity index (χ1) is 7.61. The van der Waals surface area contributed by atoms with Crippen LogP contribution >= 0.6 is 0 Å². The third kappa shape index (κ3) is 2.28. The molecule has 0 aliphatic carbocycles. The van der Waals surface area contributed by atoms with E-state index in [0.717, 1.165) is 0 Å². The van der Waals surface area contributed by atoms with E-state index in [1.807, 2.05) is 0 Å². The van der Waals surface area contributed by atoms with Crippen LogP contribution in [0.15, 0.2) is 23.3 Å². The molecule has 16 heavy (non-hydrogen) atoms. The number of nitrogens with zero attached hydrogens (tertiary/aromatic N) is 4. The summed E-state index contributed by atoms with van der Waals surface area (Å²) in [4.78, 5) is 12.8. The van der Waals surface area contributed by atoms with Crippen molar-refractivity contribution in [1.29, 1.82) is 0 Å². The van der Waals surface area contributed by atoms with E-state index in [9.17, 15) is 10.1 Å². The number of nitro groups is 1. The number of nitro benzene ring substituents is 1. The van der Waals surface area contributed by atoms with Crippen molar-refractivity contribution < 1.29 is 10.0 Å². The van der Waals surface area contributed by atoms with Crippen molar-refractivity contribution in [2.45, 2.75) is 13.0 Å². The van der Waals surface area contributed by atoms with Crippen LogP contribution in [0.3, 0.4) is 0 Å². The number of aliphatic hydroxyl groups is 1. The molecule has 0 heterocycles. The molecule has 0 bridgehead atoms. The van der Waals surface area contributed by atoms with Gasteiger partial charge in [0, 0.05) is 16.5 Å². The van der Waals surface area contributed by atoms with Crippen LogP contribution in [-0.4, -0.2) is 16.6 Å². The molecule has 1 atom stereocenters. The highest BCUT2D eigenvalue weighted by Gasteiger charge is 2.22. The Balaban J connectivity index is 3.39. The molecule has 1 rings (SSSR count). The van der Waals surface area contributed by atoms with Crippen LogP contribution in [0.25, 0.3) is 10.4 Å². The first kappa shape index (κ1) is 12.0. The lowest BCUT2D eigenvalue weighted by atomic mass is 10.0. The molecule has 84 valence electrons. The van der Waals surface area contributed by atoms with Gasteiger partial charge in [-0.3, -0.25) is 10.1 Å². The Bertz CT molecular complexity index is 454. The number of hydrogen-bond acceptors (Lipinski definition) is 4. The number of hydrogen-bond donors (Lipinski definition) is 1. The molecule has 0 radical (unpaired) electrons. The van der Waals surface area contributed by atoms with Crippen molar-refractivity contribution in [2.24, 2.45) is 5.11 Å². The van der Waals surface area contributed by atoms with E-state index in [-0.39, 0.29) is 11.3 Å². The van der Waals surface area contributed by atoms with Crippen molar-refractivity contribution in [3.05, 3.63) is 49.9 Å². The Morgan fingerprint density at radius 1 is 1.69 bits per heavy atom. The molecular formula is C9H10N4O3. The van der Waals surface area contributed by atoms with Gasteiger partial charge >= 0.3 is 0 Å². The number of aryl methyl sites for hydroxylation is 1. The quantitative estimate of drug-likeness (QED) is 0.277. The van der Waals surface area contributed by atoms with Crippen LogP contribution in [0, 0.1) is 17.0 Å². The van der Waals surface area contributed by atoms with Crippen LogP contribution in [0.5, 0.6) is 0 Å².